The Balaban J connectivity index is 0.00000192. The monoisotopic (exact) mass is 348 g/mol. The normalized spacial score (nSPS) is 12.4. The van der Waals surface area contributed by atoms with E-state index in [2.05, 4.69) is 60.0 Å². The molecule has 1 aliphatic rings. The van der Waals surface area contributed by atoms with Crippen LogP contribution in [0.4, 0.5) is 0 Å². The van der Waals surface area contributed by atoms with Crippen LogP contribution in [0.25, 0.3) is 0 Å². The number of hydrogen-bond acceptors (Lipinski definition) is 3. The summed E-state index contributed by atoms with van der Waals surface area (Å²) in [5.41, 5.74) is 5.11. The second-order valence-corrected chi connectivity index (χ2v) is 6.63. The molecule has 2 N–H and O–H groups in total. The largest absolute Gasteiger partial charge is 0.351 e. The molecule has 0 spiro atoms. The molecule has 0 atom stereocenters. The lowest BCUT2D eigenvalue weighted by Gasteiger charge is -2.07. The van der Waals surface area contributed by atoms with E-state index in [1.165, 1.54) is 16.7 Å². The highest BCUT2D eigenvalue weighted by molar-refractivity contribution is 8.00. The third-order valence-corrected chi connectivity index (χ3v) is 4.79. The molecular formula is C18H21ClN2OS. The summed E-state index contributed by atoms with van der Waals surface area (Å²) >= 11 is 1.57. The Kier molecular flexibility index (Phi) is 6.51. The molecule has 23 heavy (non-hydrogen) atoms. The minimum atomic E-state index is 0. The van der Waals surface area contributed by atoms with Crippen molar-refractivity contribution in [3.63, 3.8) is 0 Å². The zero-order valence-electron chi connectivity index (χ0n) is 13.1. The Morgan fingerprint density at radius 2 is 1.87 bits per heavy atom. The van der Waals surface area contributed by atoms with Crippen molar-refractivity contribution in [2.24, 2.45) is 0 Å². The smallest absolute Gasteiger partial charge is 0.230 e. The molecule has 1 amide bonds. The van der Waals surface area contributed by atoms with Gasteiger partial charge in [0, 0.05) is 24.5 Å². The van der Waals surface area contributed by atoms with Crippen molar-refractivity contribution < 1.29 is 4.79 Å². The number of hydrogen-bond donors (Lipinski definition) is 2. The highest BCUT2D eigenvalue weighted by Crippen LogP contribution is 2.19. The van der Waals surface area contributed by atoms with Crippen molar-refractivity contribution in [2.75, 3.05) is 5.75 Å². The lowest BCUT2D eigenvalue weighted by molar-refractivity contribution is -0.118. The van der Waals surface area contributed by atoms with E-state index in [1.54, 1.807) is 11.8 Å². The number of halogens is 1. The Morgan fingerprint density at radius 1 is 1.13 bits per heavy atom. The third-order valence-electron chi connectivity index (χ3n) is 3.78. The predicted octanol–water partition coefficient (Wildman–Crippen LogP) is 3.43. The van der Waals surface area contributed by atoms with Crippen molar-refractivity contribution in [3.05, 3.63) is 64.7 Å². The maximum absolute atomic E-state index is 11.9. The molecule has 5 heteroatoms. The molecule has 0 saturated carbocycles. The van der Waals surface area contributed by atoms with Gasteiger partial charge in [0.05, 0.1) is 5.75 Å². The van der Waals surface area contributed by atoms with Gasteiger partial charge in [-0.15, -0.1) is 24.2 Å². The van der Waals surface area contributed by atoms with Crippen molar-refractivity contribution in [2.45, 2.75) is 31.5 Å². The first-order chi connectivity index (χ1) is 10.7. The minimum Gasteiger partial charge on any atom is -0.351 e. The second kappa shape index (κ2) is 8.39. The van der Waals surface area contributed by atoms with E-state index >= 15 is 0 Å². The van der Waals surface area contributed by atoms with Crippen LogP contribution in [0.1, 0.15) is 22.3 Å². The number of carbonyl (C=O) groups excluding carboxylic acids is 1. The average molecular weight is 349 g/mol. The molecule has 3 rings (SSSR count). The van der Waals surface area contributed by atoms with Crippen LogP contribution in [0.2, 0.25) is 0 Å². The molecule has 1 aliphatic heterocycles. The van der Waals surface area contributed by atoms with Crippen LogP contribution >= 0.6 is 24.2 Å². The standard InChI is InChI=1S/C18H20N2OS.ClH/c1-13-2-6-17(7-3-13)22-12-18(21)20-9-14-4-5-15-10-19-11-16(15)8-14;/h2-8,19H,9-12H2,1H3,(H,20,21);1H. The Bertz CT molecular complexity index is 673. The van der Waals surface area contributed by atoms with Gasteiger partial charge in [0.2, 0.25) is 5.91 Å². The van der Waals surface area contributed by atoms with Gasteiger partial charge in [-0.2, -0.15) is 0 Å². The lowest BCUT2D eigenvalue weighted by atomic mass is 10.1. The molecule has 2 aromatic carbocycles. The van der Waals surface area contributed by atoms with E-state index in [9.17, 15) is 4.79 Å². The van der Waals surface area contributed by atoms with Gasteiger partial charge in [0.15, 0.2) is 0 Å². The van der Waals surface area contributed by atoms with Gasteiger partial charge in [-0.1, -0.05) is 35.9 Å². The van der Waals surface area contributed by atoms with Gasteiger partial charge in [-0.25, -0.2) is 0 Å². The molecule has 0 saturated heterocycles. The highest BCUT2D eigenvalue weighted by atomic mass is 35.5. The van der Waals surface area contributed by atoms with Gasteiger partial charge in [0.25, 0.3) is 0 Å². The van der Waals surface area contributed by atoms with E-state index in [4.69, 9.17) is 0 Å². The maximum Gasteiger partial charge on any atom is 0.230 e. The lowest BCUT2D eigenvalue weighted by Crippen LogP contribution is -2.24. The van der Waals surface area contributed by atoms with Gasteiger partial charge in [-0.3, -0.25) is 4.79 Å². The van der Waals surface area contributed by atoms with Crippen molar-refractivity contribution in [1.29, 1.82) is 0 Å². The summed E-state index contributed by atoms with van der Waals surface area (Å²) < 4.78 is 0. The van der Waals surface area contributed by atoms with Gasteiger partial charge in [0.1, 0.15) is 0 Å². The first kappa shape index (κ1) is 17.9. The summed E-state index contributed by atoms with van der Waals surface area (Å²) in [7, 11) is 0. The summed E-state index contributed by atoms with van der Waals surface area (Å²) in [6, 6.07) is 14.7. The van der Waals surface area contributed by atoms with Gasteiger partial charge >= 0.3 is 0 Å². The number of thioether (sulfide) groups is 1. The Morgan fingerprint density at radius 3 is 2.65 bits per heavy atom. The first-order valence-electron chi connectivity index (χ1n) is 7.48. The third kappa shape index (κ3) is 4.99. The maximum atomic E-state index is 11.9. The Labute approximate surface area is 147 Å². The van der Waals surface area contributed by atoms with Crippen LogP contribution in [-0.4, -0.2) is 11.7 Å². The van der Waals surface area contributed by atoms with Gasteiger partial charge in [-0.05, 0) is 35.7 Å². The van der Waals surface area contributed by atoms with Crippen molar-refractivity contribution in [1.82, 2.24) is 10.6 Å². The quantitative estimate of drug-likeness (QED) is 0.813. The molecule has 122 valence electrons. The number of nitrogens with one attached hydrogen (secondary N) is 2. The fourth-order valence-electron chi connectivity index (χ4n) is 2.49. The topological polar surface area (TPSA) is 41.1 Å². The highest BCUT2D eigenvalue weighted by Gasteiger charge is 2.10. The van der Waals surface area contributed by atoms with E-state index in [0.717, 1.165) is 23.5 Å². The van der Waals surface area contributed by atoms with E-state index in [0.29, 0.717) is 12.3 Å². The van der Waals surface area contributed by atoms with Crippen molar-refractivity contribution in [3.8, 4) is 0 Å². The summed E-state index contributed by atoms with van der Waals surface area (Å²) in [5, 5.41) is 6.32. The van der Waals surface area contributed by atoms with Crippen molar-refractivity contribution >= 4 is 30.1 Å². The van der Waals surface area contributed by atoms with Crippen LogP contribution in [0, 0.1) is 6.92 Å². The number of benzene rings is 2. The van der Waals surface area contributed by atoms with Crippen LogP contribution in [0.15, 0.2) is 47.4 Å². The van der Waals surface area contributed by atoms with Gasteiger partial charge < -0.3 is 10.6 Å². The number of rotatable bonds is 5. The summed E-state index contributed by atoms with van der Waals surface area (Å²) in [6.07, 6.45) is 0. The minimum absolute atomic E-state index is 0. The van der Waals surface area contributed by atoms with E-state index in [-0.39, 0.29) is 18.3 Å². The molecule has 0 unspecified atom stereocenters. The molecule has 0 aliphatic carbocycles. The average Bonchev–Trinajstić information content (AvgIpc) is 3.00. The molecule has 0 radical (unpaired) electrons. The molecule has 2 aromatic rings. The number of fused-ring (bicyclic) bond motifs is 1. The van der Waals surface area contributed by atoms with Crippen LogP contribution in [0.3, 0.4) is 0 Å². The first-order valence-corrected chi connectivity index (χ1v) is 8.47. The van der Waals surface area contributed by atoms with Crippen LogP contribution < -0.4 is 10.6 Å². The molecule has 1 heterocycles. The number of aryl methyl sites for hydroxylation is 1. The van der Waals surface area contributed by atoms with Crippen LogP contribution in [-0.2, 0) is 24.4 Å². The molecular weight excluding hydrogens is 328 g/mol. The fourth-order valence-corrected chi connectivity index (χ4v) is 3.22. The molecule has 0 fully saturated rings. The zero-order chi connectivity index (χ0) is 15.4. The summed E-state index contributed by atoms with van der Waals surface area (Å²) in [5.74, 6) is 0.527. The van der Waals surface area contributed by atoms with E-state index < -0.39 is 0 Å². The van der Waals surface area contributed by atoms with Crippen LogP contribution in [0.5, 0.6) is 0 Å². The SMILES string of the molecule is Cc1ccc(SCC(=O)NCc2ccc3c(c2)CNC3)cc1.Cl. The predicted molar refractivity (Wildman–Crippen MR) is 98.0 cm³/mol. The zero-order valence-corrected chi connectivity index (χ0v) is 14.7. The number of carbonyl (C=O) groups is 1. The molecule has 0 bridgehead atoms. The van der Waals surface area contributed by atoms with E-state index in [1.807, 2.05) is 0 Å². The molecule has 0 aromatic heterocycles. The second-order valence-electron chi connectivity index (χ2n) is 5.59. The summed E-state index contributed by atoms with van der Waals surface area (Å²) in [4.78, 5) is 13.1. The molecule has 3 nitrogen and oxygen atoms in total. The Hall–Kier alpha value is -1.49. The summed E-state index contributed by atoms with van der Waals surface area (Å²) in [6.45, 7) is 4.55. The number of amides is 1. The fraction of sp³-hybridized carbons (Fsp3) is 0.278.